The van der Waals surface area contributed by atoms with Gasteiger partial charge in [0.1, 0.15) is 5.76 Å². The quantitative estimate of drug-likeness (QED) is 0.225. The Labute approximate surface area is 126 Å². The lowest BCUT2D eigenvalue weighted by Gasteiger charge is -2.08. The Bertz CT molecular complexity index is 635. The van der Waals surface area contributed by atoms with Crippen molar-refractivity contribution in [1.29, 1.82) is 0 Å². The second-order valence-corrected chi connectivity index (χ2v) is 5.09. The van der Waals surface area contributed by atoms with Crippen LogP contribution in [-0.4, -0.2) is 19.7 Å². The van der Waals surface area contributed by atoms with Crippen molar-refractivity contribution in [3.63, 3.8) is 0 Å². The molecule has 0 aliphatic heterocycles. The molecule has 0 bridgehead atoms. The maximum absolute atomic E-state index is 12.0. The normalized spacial score (nSPS) is 13.4. The van der Waals surface area contributed by atoms with E-state index in [2.05, 4.69) is 17.3 Å². The highest BCUT2D eigenvalue weighted by atomic mass is 32.2. The predicted octanol–water partition coefficient (Wildman–Crippen LogP) is 3.35. The van der Waals surface area contributed by atoms with Crippen molar-refractivity contribution in [2.24, 2.45) is 0 Å². The summed E-state index contributed by atoms with van der Waals surface area (Å²) in [6.45, 7) is 6.43. The van der Waals surface area contributed by atoms with E-state index in [9.17, 15) is 26.4 Å². The van der Waals surface area contributed by atoms with Crippen LogP contribution in [0.2, 0.25) is 0 Å². The van der Waals surface area contributed by atoms with Gasteiger partial charge in [0.2, 0.25) is 0 Å². The third-order valence-electron chi connectivity index (χ3n) is 1.77. The van der Waals surface area contributed by atoms with Gasteiger partial charge in [0, 0.05) is 0 Å². The number of allylic oxidation sites excluding steroid dienone is 9. The largest absolute Gasteiger partial charge is 0.534 e. The fraction of sp³-hybridized carbons (Fsp3) is 0.0714. The highest BCUT2D eigenvalue weighted by Crippen LogP contribution is 2.26. The van der Waals surface area contributed by atoms with Crippen LogP contribution in [0, 0.1) is 0 Å². The summed E-state index contributed by atoms with van der Waals surface area (Å²) < 4.78 is 61.0. The Morgan fingerprint density at radius 1 is 0.955 bits per heavy atom. The molecule has 0 rings (SSSR count). The molecule has 0 N–H and O–H groups in total. The molecule has 0 aliphatic rings. The number of alkyl halides is 3. The van der Waals surface area contributed by atoms with Crippen LogP contribution < -0.4 is 0 Å². The summed E-state index contributed by atoms with van der Waals surface area (Å²) in [5, 5.41) is 0. The first-order valence-corrected chi connectivity index (χ1v) is 7.05. The van der Waals surface area contributed by atoms with E-state index in [0.29, 0.717) is 0 Å². The number of hydrogen-bond donors (Lipinski definition) is 0. The molecular formula is C14H13F3O4S. The third-order valence-corrected chi connectivity index (χ3v) is 2.77. The summed E-state index contributed by atoms with van der Waals surface area (Å²) >= 11 is 0. The molecule has 0 fully saturated rings. The lowest BCUT2D eigenvalue weighted by molar-refractivity contribution is -0.110. The van der Waals surface area contributed by atoms with Crippen molar-refractivity contribution in [3.8, 4) is 0 Å². The van der Waals surface area contributed by atoms with E-state index in [4.69, 9.17) is 0 Å². The molecule has 0 aromatic rings. The van der Waals surface area contributed by atoms with Gasteiger partial charge in [0.25, 0.3) is 0 Å². The molecule has 0 radical (unpaired) electrons. The highest BCUT2D eigenvalue weighted by Gasteiger charge is 2.48. The number of hydrogen-bond acceptors (Lipinski definition) is 4. The smallest absolute Gasteiger partial charge is 0.377 e. The van der Waals surface area contributed by atoms with E-state index >= 15 is 0 Å². The Balaban J connectivity index is 4.51. The maximum Gasteiger partial charge on any atom is 0.534 e. The summed E-state index contributed by atoms with van der Waals surface area (Å²) in [4.78, 5) is 11.2. The molecule has 0 aromatic heterocycles. The fourth-order valence-electron chi connectivity index (χ4n) is 0.878. The Morgan fingerprint density at radius 2 is 1.45 bits per heavy atom. The van der Waals surface area contributed by atoms with E-state index in [1.807, 2.05) is 0 Å². The predicted molar refractivity (Wildman–Crippen MR) is 77.0 cm³/mol. The average Bonchev–Trinajstić information content (AvgIpc) is 2.38. The Hall–Kier alpha value is -2.35. The lowest BCUT2D eigenvalue weighted by Crippen LogP contribution is -2.24. The molecular weight excluding hydrogens is 321 g/mol. The summed E-state index contributed by atoms with van der Waals surface area (Å²) in [5.41, 5.74) is -5.53. The van der Waals surface area contributed by atoms with E-state index in [0.717, 1.165) is 18.2 Å². The van der Waals surface area contributed by atoms with Crippen molar-refractivity contribution in [2.75, 3.05) is 0 Å². The molecule has 8 heteroatoms. The van der Waals surface area contributed by atoms with Gasteiger partial charge in [-0.3, -0.25) is 4.79 Å². The first kappa shape index (κ1) is 19.7. The Morgan fingerprint density at radius 3 is 1.95 bits per heavy atom. The molecule has 0 amide bonds. The van der Waals surface area contributed by atoms with E-state index in [1.165, 1.54) is 24.3 Å². The van der Waals surface area contributed by atoms with Crippen LogP contribution in [0.25, 0.3) is 0 Å². The lowest BCUT2D eigenvalue weighted by atomic mass is 10.3. The summed E-state index contributed by atoms with van der Waals surface area (Å²) in [7, 11) is -5.74. The molecule has 22 heavy (non-hydrogen) atoms. The summed E-state index contributed by atoms with van der Waals surface area (Å²) in [6.07, 6.45) is 11.7. The summed E-state index contributed by atoms with van der Waals surface area (Å²) in [6, 6.07) is 0. The molecule has 0 saturated carbocycles. The van der Waals surface area contributed by atoms with Gasteiger partial charge in [-0.15, -0.1) is 0 Å². The van der Waals surface area contributed by atoms with Crippen LogP contribution in [0.4, 0.5) is 13.2 Å². The van der Waals surface area contributed by atoms with Gasteiger partial charge >= 0.3 is 15.6 Å². The van der Waals surface area contributed by atoms with Crippen molar-refractivity contribution < 1.29 is 30.6 Å². The maximum atomic E-state index is 12.0. The van der Waals surface area contributed by atoms with Crippen LogP contribution in [0.15, 0.2) is 73.6 Å². The fourth-order valence-corrected chi connectivity index (χ4v) is 1.31. The van der Waals surface area contributed by atoms with E-state index < -0.39 is 21.4 Å². The zero-order valence-electron chi connectivity index (χ0n) is 11.3. The molecule has 0 aromatic carbocycles. The molecule has 120 valence electrons. The first-order valence-electron chi connectivity index (χ1n) is 5.64. The second kappa shape index (κ2) is 8.83. The SMILES string of the molecule is C=C/C=C\C=C\C(=O)/C=C/C=C\C(=C)OS(=O)(=O)C(F)(F)F. The third kappa shape index (κ3) is 8.05. The average molecular weight is 334 g/mol. The number of rotatable bonds is 8. The van der Waals surface area contributed by atoms with E-state index in [-0.39, 0.29) is 5.78 Å². The first-order chi connectivity index (χ1) is 10.1. The monoisotopic (exact) mass is 334 g/mol. The van der Waals surface area contributed by atoms with Crippen LogP contribution >= 0.6 is 0 Å². The van der Waals surface area contributed by atoms with Gasteiger partial charge < -0.3 is 4.18 Å². The topological polar surface area (TPSA) is 60.4 Å². The van der Waals surface area contributed by atoms with Gasteiger partial charge in [0.15, 0.2) is 5.78 Å². The zero-order chi connectivity index (χ0) is 17.2. The molecule has 0 saturated heterocycles. The number of carbonyl (C=O) groups is 1. The summed E-state index contributed by atoms with van der Waals surface area (Å²) in [5.74, 6) is -1.12. The molecule has 0 atom stereocenters. The molecule has 0 spiro atoms. The highest BCUT2D eigenvalue weighted by molar-refractivity contribution is 7.87. The van der Waals surface area contributed by atoms with Crippen molar-refractivity contribution >= 4 is 15.9 Å². The van der Waals surface area contributed by atoms with E-state index in [1.54, 1.807) is 12.2 Å². The van der Waals surface area contributed by atoms with Crippen molar-refractivity contribution in [1.82, 2.24) is 0 Å². The van der Waals surface area contributed by atoms with Gasteiger partial charge in [-0.1, -0.05) is 49.6 Å². The molecule has 0 heterocycles. The molecule has 0 unspecified atom stereocenters. The van der Waals surface area contributed by atoms with Crippen LogP contribution in [-0.2, 0) is 19.1 Å². The van der Waals surface area contributed by atoms with Gasteiger partial charge in [0.05, 0.1) is 0 Å². The van der Waals surface area contributed by atoms with Gasteiger partial charge in [-0.05, 0) is 18.2 Å². The Kier molecular flexibility index (Phi) is 7.89. The van der Waals surface area contributed by atoms with Crippen LogP contribution in [0.5, 0.6) is 0 Å². The molecule has 4 nitrogen and oxygen atoms in total. The second-order valence-electron chi connectivity index (χ2n) is 3.55. The molecule has 0 aliphatic carbocycles. The zero-order valence-corrected chi connectivity index (χ0v) is 12.1. The van der Waals surface area contributed by atoms with Crippen LogP contribution in [0.1, 0.15) is 0 Å². The standard InChI is InChI=1S/C14H13F3O4S/c1-3-4-5-6-10-13(18)11-8-7-9-12(2)21-22(19,20)14(15,16)17/h3-11H,1-2H2/b5-4-,9-7-,10-6+,11-8+. The minimum atomic E-state index is -5.74. The number of halogens is 3. The van der Waals surface area contributed by atoms with Gasteiger partial charge in [-0.25, -0.2) is 0 Å². The van der Waals surface area contributed by atoms with Crippen molar-refractivity contribution in [2.45, 2.75) is 5.51 Å². The van der Waals surface area contributed by atoms with Gasteiger partial charge in [-0.2, -0.15) is 21.6 Å². The number of ketones is 1. The number of carbonyl (C=O) groups excluding carboxylic acids is 1. The van der Waals surface area contributed by atoms with Crippen LogP contribution in [0.3, 0.4) is 0 Å². The minimum Gasteiger partial charge on any atom is -0.377 e. The minimum absolute atomic E-state index is 0.382. The van der Waals surface area contributed by atoms with Crippen molar-refractivity contribution in [3.05, 3.63) is 73.6 Å².